The molecule has 1 aromatic carbocycles. The van der Waals surface area contributed by atoms with Crippen molar-refractivity contribution in [2.45, 2.75) is 19.4 Å². The zero-order valence-electron chi connectivity index (χ0n) is 8.64. The first-order valence-electron chi connectivity index (χ1n) is 5.01. The molecule has 0 fully saturated rings. The number of carboxylic acids is 1. The van der Waals surface area contributed by atoms with Gasteiger partial charge in [0.25, 0.3) is 0 Å². The first-order valence-corrected chi connectivity index (χ1v) is 5.01. The van der Waals surface area contributed by atoms with Gasteiger partial charge in [0, 0.05) is 12.1 Å². The van der Waals surface area contributed by atoms with Gasteiger partial charge in [-0.3, -0.25) is 4.79 Å². The second-order valence-electron chi connectivity index (χ2n) is 3.76. The Morgan fingerprint density at radius 2 is 2.31 bits per heavy atom. The molecule has 0 atom stereocenters. The number of hydrogen-bond acceptors (Lipinski definition) is 4. The Labute approximate surface area is 93.0 Å². The monoisotopic (exact) mass is 221 g/mol. The van der Waals surface area contributed by atoms with Gasteiger partial charge in [0.1, 0.15) is 0 Å². The number of anilines is 1. The molecule has 0 radical (unpaired) electrons. The first-order chi connectivity index (χ1) is 7.59. The van der Waals surface area contributed by atoms with Gasteiger partial charge >= 0.3 is 13.1 Å². The second kappa shape index (κ2) is 4.15. The lowest BCUT2D eigenvalue weighted by molar-refractivity contribution is -0.136. The van der Waals surface area contributed by atoms with Crippen molar-refractivity contribution < 1.29 is 19.6 Å². The fraction of sp³-hybridized carbons (Fsp3) is 0.300. The molecule has 0 saturated carbocycles. The number of carbonyl (C=O) groups is 1. The Hall–Kier alpha value is -1.53. The average molecular weight is 221 g/mol. The number of hydrogen-bond donors (Lipinski definition) is 3. The summed E-state index contributed by atoms with van der Waals surface area (Å²) in [6, 6.07) is 3.46. The molecule has 0 amide bonds. The third kappa shape index (κ3) is 1.89. The molecule has 5 nitrogen and oxygen atoms in total. The van der Waals surface area contributed by atoms with Gasteiger partial charge in [-0.05, 0) is 29.1 Å². The second-order valence-corrected chi connectivity index (χ2v) is 3.76. The summed E-state index contributed by atoms with van der Waals surface area (Å²) in [5, 5.41) is 18.3. The lowest BCUT2D eigenvalue weighted by Gasteiger charge is -2.09. The van der Waals surface area contributed by atoms with E-state index in [0.717, 1.165) is 11.1 Å². The summed E-state index contributed by atoms with van der Waals surface area (Å²) >= 11 is 0. The number of nitrogens with two attached hydrogens (primary N) is 1. The smallest absolute Gasteiger partial charge is 0.481 e. The van der Waals surface area contributed by atoms with E-state index in [2.05, 4.69) is 0 Å². The lowest BCUT2D eigenvalue weighted by Crippen LogP contribution is -2.32. The van der Waals surface area contributed by atoms with Gasteiger partial charge in [-0.25, -0.2) is 0 Å². The molecule has 4 N–H and O–H groups in total. The Morgan fingerprint density at radius 3 is 3.00 bits per heavy atom. The van der Waals surface area contributed by atoms with Crippen molar-refractivity contribution in [3.05, 3.63) is 23.3 Å². The van der Waals surface area contributed by atoms with Crippen LogP contribution in [0.5, 0.6) is 0 Å². The number of aliphatic carboxylic acids is 1. The molecule has 0 spiro atoms. The van der Waals surface area contributed by atoms with E-state index < -0.39 is 13.1 Å². The average Bonchev–Trinajstić information content (AvgIpc) is 2.61. The van der Waals surface area contributed by atoms with Crippen LogP contribution < -0.4 is 11.2 Å². The summed E-state index contributed by atoms with van der Waals surface area (Å²) in [7, 11) is -0.984. The van der Waals surface area contributed by atoms with Gasteiger partial charge in [0.2, 0.25) is 0 Å². The zero-order chi connectivity index (χ0) is 11.7. The maximum atomic E-state index is 10.5. The minimum absolute atomic E-state index is 0.0308. The third-order valence-electron chi connectivity index (χ3n) is 2.72. The summed E-state index contributed by atoms with van der Waals surface area (Å²) < 4.78 is 5.08. The van der Waals surface area contributed by atoms with Gasteiger partial charge < -0.3 is 20.5 Å². The van der Waals surface area contributed by atoms with Gasteiger partial charge in [0.15, 0.2) is 0 Å². The van der Waals surface area contributed by atoms with E-state index in [1.165, 1.54) is 0 Å². The van der Waals surface area contributed by atoms with Crippen LogP contribution in [0.1, 0.15) is 17.5 Å². The molecule has 0 unspecified atom stereocenters. The molecule has 1 aromatic rings. The SMILES string of the molecule is Nc1ccc(CCC(=O)O)c2c1COB2O. The van der Waals surface area contributed by atoms with Crippen LogP contribution in [-0.4, -0.2) is 23.2 Å². The molecule has 0 bridgehead atoms. The van der Waals surface area contributed by atoms with Crippen LogP contribution in [0, 0.1) is 0 Å². The lowest BCUT2D eigenvalue weighted by atomic mass is 9.75. The highest BCUT2D eigenvalue weighted by atomic mass is 16.5. The first kappa shape index (κ1) is 11.0. The van der Waals surface area contributed by atoms with Crippen LogP contribution in [0.15, 0.2) is 12.1 Å². The van der Waals surface area contributed by atoms with E-state index >= 15 is 0 Å². The Balaban J connectivity index is 2.33. The van der Waals surface area contributed by atoms with E-state index in [4.69, 9.17) is 15.5 Å². The number of fused-ring (bicyclic) bond motifs is 1. The number of nitrogen functional groups attached to an aromatic ring is 1. The Bertz CT molecular complexity index is 435. The standard InChI is InChI=1S/C10H12BNO4/c12-8-3-1-6(2-4-9(13)14)10-7(8)5-16-11(10)15/h1,3,15H,2,4-5,12H2,(H,13,14). The van der Waals surface area contributed by atoms with Crippen LogP contribution in [0.3, 0.4) is 0 Å². The minimum atomic E-state index is -0.984. The molecule has 1 aliphatic heterocycles. The molecule has 16 heavy (non-hydrogen) atoms. The largest absolute Gasteiger partial charge is 0.492 e. The number of rotatable bonds is 3. The summed E-state index contributed by atoms with van der Waals surface area (Å²) in [5.41, 5.74) is 8.53. The van der Waals surface area contributed by atoms with Crippen LogP contribution in [0.25, 0.3) is 0 Å². The topological polar surface area (TPSA) is 92.8 Å². The highest BCUT2D eigenvalue weighted by molar-refractivity contribution is 6.62. The van der Waals surface area contributed by atoms with Crippen molar-refractivity contribution in [3.8, 4) is 0 Å². The molecule has 0 aromatic heterocycles. The number of aryl methyl sites for hydroxylation is 1. The predicted molar refractivity (Wildman–Crippen MR) is 59.2 cm³/mol. The van der Waals surface area contributed by atoms with Gasteiger partial charge in [-0.2, -0.15) is 0 Å². The Kier molecular flexibility index (Phi) is 2.85. The van der Waals surface area contributed by atoms with Gasteiger partial charge in [-0.1, -0.05) is 6.07 Å². The Morgan fingerprint density at radius 1 is 1.56 bits per heavy atom. The fourth-order valence-corrected chi connectivity index (χ4v) is 1.90. The third-order valence-corrected chi connectivity index (χ3v) is 2.72. The molecule has 1 aliphatic rings. The highest BCUT2D eigenvalue weighted by Gasteiger charge is 2.31. The highest BCUT2D eigenvalue weighted by Crippen LogP contribution is 2.20. The van der Waals surface area contributed by atoms with E-state index in [0.29, 0.717) is 17.6 Å². The van der Waals surface area contributed by atoms with E-state index in [1.807, 2.05) is 0 Å². The van der Waals surface area contributed by atoms with Crippen LogP contribution in [0.4, 0.5) is 5.69 Å². The fourth-order valence-electron chi connectivity index (χ4n) is 1.90. The molecule has 84 valence electrons. The van der Waals surface area contributed by atoms with Gasteiger partial charge in [-0.15, -0.1) is 0 Å². The quantitative estimate of drug-likeness (QED) is 0.472. The number of carboxylic acid groups (broad SMARTS) is 1. The van der Waals surface area contributed by atoms with Crippen molar-refractivity contribution in [2.24, 2.45) is 0 Å². The molecule has 0 saturated heterocycles. The normalized spacial score (nSPS) is 13.9. The summed E-state index contributed by atoms with van der Waals surface area (Å²) in [6.07, 6.45) is 0.404. The summed E-state index contributed by atoms with van der Waals surface area (Å²) in [5.74, 6) is -0.862. The maximum absolute atomic E-state index is 10.5. The summed E-state index contributed by atoms with van der Waals surface area (Å²) in [4.78, 5) is 10.5. The van der Waals surface area contributed by atoms with Crippen molar-refractivity contribution >= 4 is 24.2 Å². The van der Waals surface area contributed by atoms with Crippen molar-refractivity contribution in [1.82, 2.24) is 0 Å². The van der Waals surface area contributed by atoms with E-state index in [1.54, 1.807) is 12.1 Å². The molecule has 1 heterocycles. The van der Waals surface area contributed by atoms with Crippen molar-refractivity contribution in [1.29, 1.82) is 0 Å². The molecule has 0 aliphatic carbocycles. The molecule has 2 rings (SSSR count). The van der Waals surface area contributed by atoms with E-state index in [-0.39, 0.29) is 13.0 Å². The van der Waals surface area contributed by atoms with Crippen LogP contribution >= 0.6 is 0 Å². The summed E-state index contributed by atoms with van der Waals surface area (Å²) in [6.45, 7) is 0.281. The maximum Gasteiger partial charge on any atom is 0.492 e. The van der Waals surface area contributed by atoms with Crippen LogP contribution in [-0.2, 0) is 22.5 Å². The minimum Gasteiger partial charge on any atom is -0.481 e. The van der Waals surface area contributed by atoms with E-state index in [9.17, 15) is 9.82 Å². The molecular weight excluding hydrogens is 209 g/mol. The number of benzene rings is 1. The zero-order valence-corrected chi connectivity index (χ0v) is 8.64. The van der Waals surface area contributed by atoms with Gasteiger partial charge in [0.05, 0.1) is 6.61 Å². The van der Waals surface area contributed by atoms with Crippen molar-refractivity contribution in [3.63, 3.8) is 0 Å². The van der Waals surface area contributed by atoms with Crippen molar-refractivity contribution in [2.75, 3.05) is 5.73 Å². The molecule has 6 heteroatoms. The molecular formula is C10H12BNO4. The van der Waals surface area contributed by atoms with Crippen LogP contribution in [0.2, 0.25) is 0 Å². The predicted octanol–water partition coefficient (Wildman–Crippen LogP) is -0.496.